The average molecular weight is 1210 g/mol. The first-order valence-corrected chi connectivity index (χ1v) is 28.1. The fourth-order valence-corrected chi connectivity index (χ4v) is 10.7. The first kappa shape index (κ1) is 56.3. The highest BCUT2D eigenvalue weighted by Gasteiger charge is 2.47. The van der Waals surface area contributed by atoms with E-state index in [9.17, 15) is 19.2 Å². The van der Waals surface area contributed by atoms with E-state index in [0.717, 1.165) is 0 Å². The quantitative estimate of drug-likeness (QED) is 0.0722. The Bertz CT molecular complexity index is 4320. The number of halogens is 4. The van der Waals surface area contributed by atoms with Gasteiger partial charge >= 0.3 is 23.9 Å². The Hall–Kier alpha value is -10.2. The second-order valence-electron chi connectivity index (χ2n) is 19.4. The molecule has 2 heterocycles. The number of aliphatic imine (C=N–C) groups is 2. The van der Waals surface area contributed by atoms with Crippen LogP contribution >= 0.6 is 46.4 Å². The summed E-state index contributed by atoms with van der Waals surface area (Å²) in [6.07, 6.45) is 0. The molecule has 16 heteroatoms. The lowest BCUT2D eigenvalue weighted by Crippen LogP contribution is -2.32. The molecule has 0 aliphatic carbocycles. The van der Waals surface area contributed by atoms with E-state index in [4.69, 9.17) is 80.3 Å². The van der Waals surface area contributed by atoms with Gasteiger partial charge in [-0.2, -0.15) is 0 Å². The van der Waals surface area contributed by atoms with Gasteiger partial charge in [0.25, 0.3) is 5.79 Å². The van der Waals surface area contributed by atoms with Crippen molar-refractivity contribution in [3.05, 3.63) is 314 Å². The molecular formula is C70H42Cl4N4O8. The predicted molar refractivity (Wildman–Crippen MR) is 334 cm³/mol. The van der Waals surface area contributed by atoms with Gasteiger partial charge < -0.3 is 18.9 Å². The summed E-state index contributed by atoms with van der Waals surface area (Å²) in [5.74, 6) is -2.71. The van der Waals surface area contributed by atoms with Crippen LogP contribution in [0.1, 0.15) is 58.1 Å². The number of hydrogen-bond donors (Lipinski definition) is 0. The topological polar surface area (TPSA) is 148 Å². The molecule has 0 saturated carbocycles. The Balaban J connectivity index is 1.11. The monoisotopic (exact) mass is 1210 g/mol. The fourth-order valence-electron chi connectivity index (χ4n) is 9.67. The van der Waals surface area contributed by atoms with Gasteiger partial charge in [-0.05, 0) is 133 Å². The molecule has 86 heavy (non-hydrogen) atoms. The molecule has 0 amide bonds. The molecule has 0 bridgehead atoms. The van der Waals surface area contributed by atoms with Gasteiger partial charge in [0, 0.05) is 43.4 Å². The number of benzene rings is 10. The Morgan fingerprint density at radius 3 is 1.06 bits per heavy atom. The van der Waals surface area contributed by atoms with E-state index in [2.05, 4.69) is 0 Å². The van der Waals surface area contributed by atoms with Crippen LogP contribution in [0.5, 0.6) is 23.0 Å². The van der Waals surface area contributed by atoms with Crippen molar-refractivity contribution < 1.29 is 38.1 Å². The van der Waals surface area contributed by atoms with Crippen LogP contribution < -0.4 is 18.9 Å². The summed E-state index contributed by atoms with van der Waals surface area (Å²) in [6.45, 7) is 0. The van der Waals surface area contributed by atoms with Crippen molar-refractivity contribution in [2.75, 3.05) is 0 Å². The smallest absolute Gasteiger partial charge is 0.343 e. The van der Waals surface area contributed by atoms with Crippen LogP contribution in [-0.4, -0.2) is 44.9 Å². The standard InChI is InChI=1S/C70H42Cl4N4O8/c71-51-37-39-57(59(73)41-51)65-75-63(45-25-33-49(34-26-45)68(81)85-55-17-9-3-10-18-55)64(46-27-35-50(36-28-46)69(82)86-56-19-11-4-12-20-56)78(65)70(58-40-38-52(72)42-60(58)74)76-61(43-21-29-47(30-22-43)66(79)83-53-13-5-1-6-14-53)62(77-70)44-23-31-48(32-24-44)67(80)84-54-15-7-2-8-16-54/h1-42H. The Morgan fingerprint density at radius 2 is 0.698 bits per heavy atom. The normalized spacial score (nSPS) is 12.4. The summed E-state index contributed by atoms with van der Waals surface area (Å²) >= 11 is 28.1. The first-order valence-electron chi connectivity index (χ1n) is 26.6. The molecule has 11 aromatic rings. The number of rotatable bonds is 15. The van der Waals surface area contributed by atoms with Crippen molar-refractivity contribution in [1.29, 1.82) is 0 Å². The molecule has 12 rings (SSSR count). The first-order chi connectivity index (χ1) is 41.9. The maximum Gasteiger partial charge on any atom is 0.343 e. The van der Waals surface area contributed by atoms with Gasteiger partial charge in [-0.15, -0.1) is 0 Å². The van der Waals surface area contributed by atoms with Crippen LogP contribution in [0, 0.1) is 0 Å². The molecule has 0 fully saturated rings. The molecule has 418 valence electrons. The minimum atomic E-state index is -2.01. The third-order valence-electron chi connectivity index (χ3n) is 13.8. The number of aromatic nitrogens is 2. The largest absolute Gasteiger partial charge is 0.423 e. The zero-order chi connectivity index (χ0) is 59.3. The van der Waals surface area contributed by atoms with Crippen molar-refractivity contribution in [1.82, 2.24) is 9.55 Å². The lowest BCUT2D eigenvalue weighted by Gasteiger charge is -2.30. The number of carbonyl (C=O) groups excluding carboxylic acids is 4. The number of hydrogen-bond acceptors (Lipinski definition) is 11. The van der Waals surface area contributed by atoms with E-state index in [0.29, 0.717) is 89.2 Å². The molecule has 12 nitrogen and oxygen atoms in total. The van der Waals surface area contributed by atoms with Gasteiger partial charge in [-0.1, -0.05) is 168 Å². The van der Waals surface area contributed by atoms with E-state index >= 15 is 0 Å². The number of nitrogens with zero attached hydrogens (tertiary/aromatic N) is 4. The van der Waals surface area contributed by atoms with Crippen LogP contribution in [0.4, 0.5) is 0 Å². The van der Waals surface area contributed by atoms with Gasteiger partial charge in [0.15, 0.2) is 0 Å². The fraction of sp³-hybridized carbons (Fsp3) is 0.0143. The van der Waals surface area contributed by atoms with Gasteiger partial charge in [-0.3, -0.25) is 4.57 Å². The SMILES string of the molecule is O=C(Oc1ccccc1)c1ccc(C2=NC(c3ccc(Cl)cc3Cl)(n3c(-c4ccc(Cl)cc4Cl)nc(-c4ccc(C(=O)Oc5ccccc5)cc4)c3-c3ccc(C(=O)Oc4ccccc4)cc3)N=C2c2ccc(C(=O)Oc3ccccc3)cc2)cc1. The minimum absolute atomic E-state index is 0.151. The Morgan fingerprint density at radius 1 is 0.360 bits per heavy atom. The molecule has 0 saturated heterocycles. The highest BCUT2D eigenvalue weighted by atomic mass is 35.5. The molecule has 1 aliphatic rings. The van der Waals surface area contributed by atoms with Gasteiger partial charge in [-0.25, -0.2) is 34.1 Å². The van der Waals surface area contributed by atoms with Crippen LogP contribution in [0.3, 0.4) is 0 Å². The summed E-state index contributed by atoms with van der Waals surface area (Å²) < 4.78 is 24.7. The molecule has 0 N–H and O–H groups in total. The molecule has 0 spiro atoms. The van der Waals surface area contributed by atoms with E-state index in [1.54, 1.807) is 231 Å². The number of esters is 4. The van der Waals surface area contributed by atoms with Crippen molar-refractivity contribution >= 4 is 81.7 Å². The molecule has 10 aromatic carbocycles. The van der Waals surface area contributed by atoms with E-state index < -0.39 is 29.7 Å². The molecular weight excluding hydrogens is 1170 g/mol. The minimum Gasteiger partial charge on any atom is -0.423 e. The highest BCUT2D eigenvalue weighted by Crippen LogP contribution is 2.49. The number of imidazole rings is 1. The maximum atomic E-state index is 13.8. The number of para-hydroxylation sites is 4. The van der Waals surface area contributed by atoms with Gasteiger partial charge in [0.1, 0.15) is 28.8 Å². The second kappa shape index (κ2) is 24.6. The maximum absolute atomic E-state index is 13.8. The summed E-state index contributed by atoms with van der Waals surface area (Å²) in [5, 5.41) is 1.02. The van der Waals surface area contributed by atoms with Crippen molar-refractivity contribution in [2.45, 2.75) is 5.79 Å². The molecule has 0 unspecified atom stereocenters. The van der Waals surface area contributed by atoms with E-state index in [1.165, 1.54) is 0 Å². The van der Waals surface area contributed by atoms with E-state index in [-0.39, 0.29) is 38.1 Å². The zero-order valence-corrected chi connectivity index (χ0v) is 47.8. The Labute approximate surface area is 512 Å². The van der Waals surface area contributed by atoms with Crippen molar-refractivity contribution in [3.63, 3.8) is 0 Å². The van der Waals surface area contributed by atoms with Crippen LogP contribution in [0.25, 0.3) is 33.9 Å². The molecule has 0 atom stereocenters. The molecule has 1 aliphatic heterocycles. The molecule has 1 aromatic heterocycles. The highest BCUT2D eigenvalue weighted by molar-refractivity contribution is 6.54. The third kappa shape index (κ3) is 11.8. The third-order valence-corrected chi connectivity index (χ3v) is 14.9. The van der Waals surface area contributed by atoms with Crippen molar-refractivity contribution in [2.24, 2.45) is 9.98 Å². The van der Waals surface area contributed by atoms with E-state index in [1.807, 2.05) is 28.8 Å². The number of ether oxygens (including phenoxy) is 4. The van der Waals surface area contributed by atoms with Crippen LogP contribution in [0.2, 0.25) is 20.1 Å². The second-order valence-corrected chi connectivity index (χ2v) is 21.1. The average Bonchev–Trinajstić information content (AvgIpc) is 1.71. The summed E-state index contributed by atoms with van der Waals surface area (Å²) in [6, 6.07) is 71.8. The van der Waals surface area contributed by atoms with Crippen molar-refractivity contribution in [3.8, 4) is 56.9 Å². The summed E-state index contributed by atoms with van der Waals surface area (Å²) in [4.78, 5) is 71.6. The summed E-state index contributed by atoms with van der Waals surface area (Å²) in [5.41, 5.74) is 5.09. The molecule has 0 radical (unpaired) electrons. The lowest BCUT2D eigenvalue weighted by molar-refractivity contribution is 0.0725. The lowest BCUT2D eigenvalue weighted by atomic mass is 9.98. The van der Waals surface area contributed by atoms with Crippen LogP contribution in [0.15, 0.2) is 265 Å². The number of carbonyl (C=O) groups is 4. The zero-order valence-electron chi connectivity index (χ0n) is 44.8. The predicted octanol–water partition coefficient (Wildman–Crippen LogP) is 17.0. The van der Waals surface area contributed by atoms with Gasteiger partial charge in [0.2, 0.25) is 0 Å². The van der Waals surface area contributed by atoms with Crippen LogP contribution in [-0.2, 0) is 5.79 Å². The summed E-state index contributed by atoms with van der Waals surface area (Å²) in [7, 11) is 0. The Kier molecular flexibility index (Phi) is 16.1. The van der Waals surface area contributed by atoms with Gasteiger partial charge in [0.05, 0.1) is 55.1 Å².